The van der Waals surface area contributed by atoms with Gasteiger partial charge in [-0.2, -0.15) is 0 Å². The summed E-state index contributed by atoms with van der Waals surface area (Å²) in [5, 5.41) is 0. The molecule has 0 aliphatic heterocycles. The van der Waals surface area contributed by atoms with Crippen molar-refractivity contribution in [2.75, 3.05) is 13.2 Å². The lowest BCUT2D eigenvalue weighted by atomic mass is 10.0. The maximum absolute atomic E-state index is 12.8. The summed E-state index contributed by atoms with van der Waals surface area (Å²) >= 11 is 0. The molecule has 0 aliphatic rings. The molecule has 0 rings (SSSR count). The van der Waals surface area contributed by atoms with Gasteiger partial charge in [-0.15, -0.1) is 0 Å². The molecule has 60 heavy (non-hydrogen) atoms. The summed E-state index contributed by atoms with van der Waals surface area (Å²) in [5.74, 6) is -0.876. The first-order valence-electron chi connectivity index (χ1n) is 26.0. The van der Waals surface area contributed by atoms with E-state index in [4.69, 9.17) is 14.2 Å². The van der Waals surface area contributed by atoms with E-state index in [1.807, 2.05) is 0 Å². The molecule has 0 saturated heterocycles. The van der Waals surface area contributed by atoms with Crippen LogP contribution in [-0.2, 0) is 28.6 Å². The van der Waals surface area contributed by atoms with Crippen molar-refractivity contribution < 1.29 is 28.6 Å². The topological polar surface area (TPSA) is 78.9 Å². The molecule has 0 radical (unpaired) electrons. The molecule has 6 heteroatoms. The lowest BCUT2D eigenvalue weighted by Crippen LogP contribution is -2.30. The molecule has 0 spiro atoms. The van der Waals surface area contributed by atoms with Crippen molar-refractivity contribution >= 4 is 17.9 Å². The third-order valence-electron chi connectivity index (χ3n) is 11.4. The predicted molar refractivity (Wildman–Crippen MR) is 256 cm³/mol. The van der Waals surface area contributed by atoms with Gasteiger partial charge in [0, 0.05) is 19.3 Å². The van der Waals surface area contributed by atoms with Crippen molar-refractivity contribution in [3.05, 3.63) is 36.5 Å². The number of unbranched alkanes of at least 4 members (excludes halogenated alkanes) is 30. The number of carbonyl (C=O) groups is 3. The van der Waals surface area contributed by atoms with Crippen LogP contribution in [0.1, 0.15) is 271 Å². The molecule has 0 bridgehead atoms. The molecule has 1 unspecified atom stereocenters. The van der Waals surface area contributed by atoms with Crippen LogP contribution in [0, 0.1) is 0 Å². The lowest BCUT2D eigenvalue weighted by Gasteiger charge is -2.18. The van der Waals surface area contributed by atoms with Gasteiger partial charge in [0.15, 0.2) is 6.10 Å². The van der Waals surface area contributed by atoms with Crippen molar-refractivity contribution in [3.8, 4) is 0 Å². The fourth-order valence-electron chi connectivity index (χ4n) is 7.45. The third kappa shape index (κ3) is 46.7. The molecule has 0 aromatic rings. The minimum Gasteiger partial charge on any atom is -0.462 e. The summed E-state index contributed by atoms with van der Waals surface area (Å²) in [5.41, 5.74) is 0. The van der Waals surface area contributed by atoms with Gasteiger partial charge in [0.05, 0.1) is 0 Å². The van der Waals surface area contributed by atoms with Gasteiger partial charge in [0.2, 0.25) is 0 Å². The van der Waals surface area contributed by atoms with E-state index in [1.165, 1.54) is 154 Å². The van der Waals surface area contributed by atoms with E-state index >= 15 is 0 Å². The Balaban J connectivity index is 4.32. The summed E-state index contributed by atoms with van der Waals surface area (Å²) in [6.07, 6.45) is 56.9. The van der Waals surface area contributed by atoms with Crippen molar-refractivity contribution in [1.82, 2.24) is 0 Å². The van der Waals surface area contributed by atoms with E-state index in [1.54, 1.807) is 0 Å². The second kappa shape index (κ2) is 49.3. The van der Waals surface area contributed by atoms with Crippen LogP contribution in [0.2, 0.25) is 0 Å². The Hall–Kier alpha value is -2.37. The van der Waals surface area contributed by atoms with Crippen molar-refractivity contribution in [2.24, 2.45) is 0 Å². The molecule has 0 amide bonds. The van der Waals surface area contributed by atoms with Crippen LogP contribution in [0.25, 0.3) is 0 Å². The molecule has 0 aromatic carbocycles. The minimum atomic E-state index is -0.771. The first-order chi connectivity index (χ1) is 29.5. The van der Waals surface area contributed by atoms with Gasteiger partial charge in [-0.3, -0.25) is 14.4 Å². The normalized spacial score (nSPS) is 12.2. The van der Waals surface area contributed by atoms with Crippen LogP contribution in [0.3, 0.4) is 0 Å². The highest BCUT2D eigenvalue weighted by Gasteiger charge is 2.19. The highest BCUT2D eigenvalue weighted by molar-refractivity contribution is 5.71. The van der Waals surface area contributed by atoms with Gasteiger partial charge in [-0.25, -0.2) is 0 Å². The average molecular weight is 843 g/mol. The van der Waals surface area contributed by atoms with E-state index in [2.05, 4.69) is 57.2 Å². The number of allylic oxidation sites excluding steroid dienone is 6. The van der Waals surface area contributed by atoms with Gasteiger partial charge >= 0.3 is 17.9 Å². The number of esters is 3. The molecular formula is C54H98O6. The first-order valence-corrected chi connectivity index (χ1v) is 26.0. The van der Waals surface area contributed by atoms with Crippen molar-refractivity contribution in [2.45, 2.75) is 277 Å². The predicted octanol–water partition coefficient (Wildman–Crippen LogP) is 16.9. The third-order valence-corrected chi connectivity index (χ3v) is 11.4. The highest BCUT2D eigenvalue weighted by atomic mass is 16.6. The van der Waals surface area contributed by atoms with Gasteiger partial charge in [0.1, 0.15) is 13.2 Å². The fourth-order valence-corrected chi connectivity index (χ4v) is 7.45. The molecule has 6 nitrogen and oxygen atoms in total. The standard InChI is InChI=1S/C54H98O6/c1-4-7-10-13-16-19-22-24-25-26-27-28-29-30-33-35-38-41-44-47-53(56)59-50-51(49-58-52(55)46-43-40-37-34-31-21-18-15-12-9-6-3)60-54(57)48-45-42-39-36-32-23-20-17-14-11-8-5-2/h16,19,24-25,27-28,51H,4-15,17-18,20-23,26,29-50H2,1-3H3/b19-16-,25-24-,28-27-. The van der Waals surface area contributed by atoms with Gasteiger partial charge in [0.25, 0.3) is 0 Å². The maximum atomic E-state index is 12.8. The molecule has 0 fully saturated rings. The van der Waals surface area contributed by atoms with Gasteiger partial charge in [-0.05, 0) is 57.8 Å². The van der Waals surface area contributed by atoms with E-state index in [9.17, 15) is 14.4 Å². The Morgan fingerprint density at radius 2 is 0.600 bits per heavy atom. The second-order valence-corrected chi connectivity index (χ2v) is 17.4. The largest absolute Gasteiger partial charge is 0.462 e. The molecule has 0 N–H and O–H groups in total. The van der Waals surface area contributed by atoms with Crippen LogP contribution in [0.4, 0.5) is 0 Å². The quantitative estimate of drug-likeness (QED) is 0.0263. The van der Waals surface area contributed by atoms with Gasteiger partial charge < -0.3 is 14.2 Å². The fraction of sp³-hybridized carbons (Fsp3) is 0.833. The highest BCUT2D eigenvalue weighted by Crippen LogP contribution is 2.15. The summed E-state index contributed by atoms with van der Waals surface area (Å²) in [4.78, 5) is 37.9. The molecule has 1 atom stereocenters. The lowest BCUT2D eigenvalue weighted by molar-refractivity contribution is -0.167. The molecule has 0 heterocycles. The van der Waals surface area contributed by atoms with E-state index in [-0.39, 0.29) is 31.1 Å². The Labute approximate surface area is 372 Å². The Bertz CT molecular complexity index is 1020. The average Bonchev–Trinajstić information content (AvgIpc) is 3.24. The zero-order chi connectivity index (χ0) is 43.7. The van der Waals surface area contributed by atoms with Crippen LogP contribution in [-0.4, -0.2) is 37.2 Å². The Morgan fingerprint density at radius 1 is 0.333 bits per heavy atom. The number of rotatable bonds is 47. The number of ether oxygens (including phenoxy) is 3. The summed E-state index contributed by atoms with van der Waals surface area (Å²) in [7, 11) is 0. The molecule has 350 valence electrons. The van der Waals surface area contributed by atoms with Gasteiger partial charge in [-0.1, -0.05) is 231 Å². The molecule has 0 aliphatic carbocycles. The van der Waals surface area contributed by atoms with Crippen molar-refractivity contribution in [1.29, 1.82) is 0 Å². The van der Waals surface area contributed by atoms with E-state index in [0.717, 1.165) is 77.0 Å². The number of hydrogen-bond donors (Lipinski definition) is 0. The monoisotopic (exact) mass is 843 g/mol. The molecular weight excluding hydrogens is 745 g/mol. The van der Waals surface area contributed by atoms with Crippen LogP contribution in [0.5, 0.6) is 0 Å². The summed E-state index contributed by atoms with van der Waals surface area (Å²) in [6.45, 7) is 6.61. The van der Waals surface area contributed by atoms with E-state index < -0.39 is 6.10 Å². The SMILES string of the molecule is CCCCC/C=C\C/C=C\C/C=C\CCCCCCCCC(=O)OCC(COC(=O)CCCCCCCCCCCCC)OC(=O)CCCCCCCCCCCCCC. The van der Waals surface area contributed by atoms with Crippen LogP contribution in [0.15, 0.2) is 36.5 Å². The van der Waals surface area contributed by atoms with E-state index in [0.29, 0.717) is 19.3 Å². The summed E-state index contributed by atoms with van der Waals surface area (Å²) < 4.78 is 16.8. The summed E-state index contributed by atoms with van der Waals surface area (Å²) in [6, 6.07) is 0. The van der Waals surface area contributed by atoms with Crippen molar-refractivity contribution in [3.63, 3.8) is 0 Å². The molecule has 0 aromatic heterocycles. The Morgan fingerprint density at radius 3 is 0.967 bits per heavy atom. The van der Waals surface area contributed by atoms with Crippen LogP contribution >= 0.6 is 0 Å². The number of carbonyl (C=O) groups excluding carboxylic acids is 3. The smallest absolute Gasteiger partial charge is 0.306 e. The number of hydrogen-bond acceptors (Lipinski definition) is 6. The zero-order valence-corrected chi connectivity index (χ0v) is 40.0. The first kappa shape index (κ1) is 57.6. The Kier molecular flexibility index (Phi) is 47.3. The maximum Gasteiger partial charge on any atom is 0.306 e. The van der Waals surface area contributed by atoms with Crippen LogP contribution < -0.4 is 0 Å². The molecule has 0 saturated carbocycles. The minimum absolute atomic E-state index is 0.0724. The zero-order valence-electron chi connectivity index (χ0n) is 40.0. The second-order valence-electron chi connectivity index (χ2n) is 17.4.